The summed E-state index contributed by atoms with van der Waals surface area (Å²) in [4.78, 5) is 17.4. The number of hydrogen-bond acceptors (Lipinski definition) is 6. The average molecular weight is 464 g/mol. The first kappa shape index (κ1) is 22.5. The minimum atomic E-state index is -0.876. The maximum atomic E-state index is 11.2. The van der Waals surface area contributed by atoms with Gasteiger partial charge < -0.3 is 14.4 Å². The monoisotopic (exact) mass is 463 g/mol. The maximum Gasteiger partial charge on any atom is 0.320 e. The van der Waals surface area contributed by atoms with Crippen LogP contribution in [0.2, 0.25) is 5.02 Å². The molecule has 8 heteroatoms. The second-order valence-electron chi connectivity index (χ2n) is 7.61. The van der Waals surface area contributed by atoms with Crippen LogP contribution in [0.15, 0.2) is 77.3 Å². The number of benzene rings is 3. The van der Waals surface area contributed by atoms with Gasteiger partial charge in [-0.2, -0.15) is 4.98 Å². The highest BCUT2D eigenvalue weighted by atomic mass is 35.5. The summed E-state index contributed by atoms with van der Waals surface area (Å²) in [5, 5.41) is 13.7. The molecule has 1 heterocycles. The molecule has 0 bridgehead atoms. The van der Waals surface area contributed by atoms with Crippen LogP contribution in [-0.4, -0.2) is 39.2 Å². The molecule has 0 aliphatic carbocycles. The molecule has 4 rings (SSSR count). The van der Waals surface area contributed by atoms with Crippen molar-refractivity contribution in [2.24, 2.45) is 0 Å². The zero-order valence-electron chi connectivity index (χ0n) is 18.1. The SMILES string of the molecule is C[C@@H](C(=O)O)N(C)Cc1ccc(-c2noc(-c3ccc(Oc4ccccc4)cc3)n2)c(Cl)c1. The van der Waals surface area contributed by atoms with Gasteiger partial charge in [-0.05, 0) is 68.1 Å². The number of rotatable bonds is 8. The van der Waals surface area contributed by atoms with Crippen molar-refractivity contribution >= 4 is 17.6 Å². The van der Waals surface area contributed by atoms with Gasteiger partial charge in [-0.3, -0.25) is 9.69 Å². The largest absolute Gasteiger partial charge is 0.480 e. The first-order chi connectivity index (χ1) is 15.9. The number of aromatic nitrogens is 2. The molecule has 1 atom stereocenters. The van der Waals surface area contributed by atoms with Gasteiger partial charge in [0.05, 0.1) is 5.02 Å². The molecule has 33 heavy (non-hydrogen) atoms. The number of likely N-dealkylation sites (N-methyl/N-ethyl adjacent to an activating group) is 1. The van der Waals surface area contributed by atoms with E-state index in [9.17, 15) is 4.79 Å². The van der Waals surface area contributed by atoms with Gasteiger partial charge >= 0.3 is 5.97 Å². The van der Waals surface area contributed by atoms with E-state index in [-0.39, 0.29) is 0 Å². The van der Waals surface area contributed by atoms with E-state index in [4.69, 9.17) is 26.0 Å². The number of halogens is 1. The summed E-state index contributed by atoms with van der Waals surface area (Å²) in [7, 11) is 1.75. The van der Waals surface area contributed by atoms with Crippen molar-refractivity contribution in [1.82, 2.24) is 15.0 Å². The number of ether oxygens (including phenoxy) is 1. The summed E-state index contributed by atoms with van der Waals surface area (Å²) in [5.41, 5.74) is 2.27. The number of para-hydroxylation sites is 1. The summed E-state index contributed by atoms with van der Waals surface area (Å²) < 4.78 is 11.2. The van der Waals surface area contributed by atoms with Gasteiger partial charge in [0.25, 0.3) is 5.89 Å². The molecule has 4 aromatic rings. The molecule has 1 N–H and O–H groups in total. The Morgan fingerprint density at radius 3 is 2.45 bits per heavy atom. The number of carboxylic acids is 1. The number of aliphatic carboxylic acids is 1. The Morgan fingerprint density at radius 1 is 1.09 bits per heavy atom. The summed E-state index contributed by atoms with van der Waals surface area (Å²) in [6.07, 6.45) is 0. The summed E-state index contributed by atoms with van der Waals surface area (Å²) in [5.74, 6) is 1.32. The third-order valence-corrected chi connectivity index (χ3v) is 5.54. The number of carbonyl (C=O) groups is 1. The van der Waals surface area contributed by atoms with Crippen LogP contribution < -0.4 is 4.74 Å². The van der Waals surface area contributed by atoms with Crippen LogP contribution in [0.1, 0.15) is 12.5 Å². The molecule has 0 amide bonds. The van der Waals surface area contributed by atoms with E-state index in [0.717, 1.165) is 16.9 Å². The Bertz CT molecular complexity index is 1240. The van der Waals surface area contributed by atoms with Crippen LogP contribution in [0.25, 0.3) is 22.8 Å². The summed E-state index contributed by atoms with van der Waals surface area (Å²) >= 11 is 6.47. The fraction of sp³-hybridized carbons (Fsp3) is 0.160. The summed E-state index contributed by atoms with van der Waals surface area (Å²) in [6.45, 7) is 2.09. The van der Waals surface area contributed by atoms with Crippen LogP contribution in [-0.2, 0) is 11.3 Å². The Hall–Kier alpha value is -3.68. The van der Waals surface area contributed by atoms with Crippen LogP contribution in [0.5, 0.6) is 11.5 Å². The van der Waals surface area contributed by atoms with Crippen LogP contribution in [0.4, 0.5) is 0 Å². The Labute approximate surface area is 196 Å². The molecular weight excluding hydrogens is 442 g/mol. The van der Waals surface area contributed by atoms with Crippen molar-refractivity contribution in [3.05, 3.63) is 83.4 Å². The molecule has 7 nitrogen and oxygen atoms in total. The van der Waals surface area contributed by atoms with Gasteiger partial charge in [0.2, 0.25) is 5.82 Å². The fourth-order valence-corrected chi connectivity index (χ4v) is 3.48. The average Bonchev–Trinajstić information content (AvgIpc) is 3.29. The summed E-state index contributed by atoms with van der Waals surface area (Å²) in [6, 6.07) is 21.8. The third kappa shape index (κ3) is 5.39. The van der Waals surface area contributed by atoms with E-state index >= 15 is 0 Å². The van der Waals surface area contributed by atoms with Gasteiger partial charge in [-0.15, -0.1) is 0 Å². The van der Waals surface area contributed by atoms with E-state index in [0.29, 0.717) is 34.6 Å². The third-order valence-electron chi connectivity index (χ3n) is 5.23. The lowest BCUT2D eigenvalue weighted by molar-refractivity contribution is -0.142. The van der Waals surface area contributed by atoms with Crippen LogP contribution in [0.3, 0.4) is 0 Å². The minimum absolute atomic E-state index is 0.367. The van der Waals surface area contributed by atoms with Crippen molar-refractivity contribution in [3.63, 3.8) is 0 Å². The molecule has 168 valence electrons. The van der Waals surface area contributed by atoms with Crippen molar-refractivity contribution < 1.29 is 19.2 Å². The quantitative estimate of drug-likeness (QED) is 0.355. The van der Waals surface area contributed by atoms with Crippen LogP contribution >= 0.6 is 11.6 Å². The predicted molar refractivity (Wildman–Crippen MR) is 125 cm³/mol. The first-order valence-corrected chi connectivity index (χ1v) is 10.7. The predicted octanol–water partition coefficient (Wildman–Crippen LogP) is 5.75. The topological polar surface area (TPSA) is 88.7 Å². The molecule has 1 aromatic heterocycles. The molecular formula is C25H22ClN3O4. The zero-order chi connectivity index (χ0) is 23.4. The van der Waals surface area contributed by atoms with E-state index in [1.165, 1.54) is 0 Å². The van der Waals surface area contributed by atoms with Crippen molar-refractivity contribution in [2.75, 3.05) is 7.05 Å². The number of nitrogens with zero attached hydrogens (tertiary/aromatic N) is 3. The molecule has 0 spiro atoms. The highest BCUT2D eigenvalue weighted by Gasteiger charge is 2.18. The normalized spacial score (nSPS) is 12.0. The highest BCUT2D eigenvalue weighted by molar-refractivity contribution is 6.33. The Kier molecular flexibility index (Phi) is 6.72. The van der Waals surface area contributed by atoms with Crippen LogP contribution in [0, 0.1) is 0 Å². The lowest BCUT2D eigenvalue weighted by Crippen LogP contribution is -2.35. The lowest BCUT2D eigenvalue weighted by atomic mass is 10.1. The lowest BCUT2D eigenvalue weighted by Gasteiger charge is -2.21. The number of hydrogen-bond donors (Lipinski definition) is 1. The molecule has 0 radical (unpaired) electrons. The van der Waals surface area contributed by atoms with E-state index in [1.807, 2.05) is 66.7 Å². The molecule has 0 aliphatic heterocycles. The first-order valence-electron chi connectivity index (χ1n) is 10.3. The maximum absolute atomic E-state index is 11.2. The molecule has 0 saturated carbocycles. The van der Waals surface area contributed by atoms with Gasteiger partial charge in [0, 0.05) is 17.7 Å². The van der Waals surface area contributed by atoms with E-state index < -0.39 is 12.0 Å². The fourth-order valence-electron chi connectivity index (χ4n) is 3.19. The molecule has 3 aromatic carbocycles. The van der Waals surface area contributed by atoms with Gasteiger partial charge in [0.15, 0.2) is 0 Å². The number of carboxylic acid groups (broad SMARTS) is 1. The van der Waals surface area contributed by atoms with Gasteiger partial charge in [-0.25, -0.2) is 0 Å². The van der Waals surface area contributed by atoms with Gasteiger partial charge in [0.1, 0.15) is 17.5 Å². The van der Waals surface area contributed by atoms with Crippen molar-refractivity contribution in [1.29, 1.82) is 0 Å². The Balaban J connectivity index is 1.47. The van der Waals surface area contributed by atoms with Crippen molar-refractivity contribution in [3.8, 4) is 34.3 Å². The zero-order valence-corrected chi connectivity index (χ0v) is 18.9. The van der Waals surface area contributed by atoms with E-state index in [1.54, 1.807) is 24.9 Å². The highest BCUT2D eigenvalue weighted by Crippen LogP contribution is 2.30. The molecule has 0 aliphatic rings. The molecule has 0 saturated heterocycles. The smallest absolute Gasteiger partial charge is 0.320 e. The second kappa shape index (κ2) is 9.85. The Morgan fingerprint density at radius 2 is 1.79 bits per heavy atom. The van der Waals surface area contributed by atoms with Gasteiger partial charge in [-0.1, -0.05) is 41.0 Å². The standard InChI is InChI=1S/C25H22ClN3O4/c1-16(25(30)31)29(2)15-17-8-13-21(22(26)14-17)23-27-24(33-28-23)18-9-11-20(12-10-18)32-19-6-4-3-5-7-19/h3-14,16H,15H2,1-2H3,(H,30,31)/t16-/m0/s1. The minimum Gasteiger partial charge on any atom is -0.480 e. The second-order valence-corrected chi connectivity index (χ2v) is 8.01. The molecule has 0 fully saturated rings. The van der Waals surface area contributed by atoms with Crippen molar-refractivity contribution in [2.45, 2.75) is 19.5 Å². The van der Waals surface area contributed by atoms with E-state index in [2.05, 4.69) is 10.1 Å². The molecule has 0 unspecified atom stereocenters.